The lowest BCUT2D eigenvalue weighted by molar-refractivity contribution is 0.111. The predicted octanol–water partition coefficient (Wildman–Crippen LogP) is 2.56. The van der Waals surface area contributed by atoms with Crippen molar-refractivity contribution in [3.05, 3.63) is 40.6 Å². The van der Waals surface area contributed by atoms with Crippen molar-refractivity contribution in [2.24, 2.45) is 0 Å². The second kappa shape index (κ2) is 4.40. The Balaban J connectivity index is 2.14. The third kappa shape index (κ3) is 2.15. The van der Waals surface area contributed by atoms with Crippen LogP contribution in [0.4, 0.5) is 0 Å². The van der Waals surface area contributed by atoms with Gasteiger partial charge in [-0.15, -0.1) is 0 Å². The Bertz CT molecular complexity index is 433. The molecule has 0 fully saturated rings. The first kappa shape index (κ1) is 10.1. The van der Waals surface area contributed by atoms with Crippen LogP contribution in [0.25, 0.3) is 0 Å². The van der Waals surface area contributed by atoms with Gasteiger partial charge >= 0.3 is 0 Å². The van der Waals surface area contributed by atoms with Crippen LogP contribution >= 0.6 is 11.3 Å². The van der Waals surface area contributed by atoms with Gasteiger partial charge in [0.25, 0.3) is 0 Å². The van der Waals surface area contributed by atoms with Crippen LogP contribution in [-0.4, -0.2) is 15.8 Å². The molecule has 0 radical (unpaired) electrons. The maximum absolute atomic E-state index is 10.7. The van der Waals surface area contributed by atoms with E-state index in [0.717, 1.165) is 12.7 Å². The maximum Gasteiger partial charge on any atom is 0.168 e. The molecule has 1 unspecified atom stereocenters. The fourth-order valence-electron chi connectivity index (χ4n) is 1.62. The molecule has 2 aromatic rings. The Hall–Kier alpha value is -1.42. The molecule has 0 saturated heterocycles. The zero-order valence-electron chi connectivity index (χ0n) is 8.46. The zero-order chi connectivity index (χ0) is 10.7. The van der Waals surface area contributed by atoms with Gasteiger partial charge in [-0.2, -0.15) is 11.3 Å². The summed E-state index contributed by atoms with van der Waals surface area (Å²) in [7, 11) is 0. The van der Waals surface area contributed by atoms with Gasteiger partial charge in [-0.1, -0.05) is 0 Å². The van der Waals surface area contributed by atoms with Crippen molar-refractivity contribution in [2.75, 3.05) is 0 Å². The third-order valence-corrected chi connectivity index (χ3v) is 3.13. The molecule has 0 spiro atoms. The largest absolute Gasteiger partial charge is 0.325 e. The Kier molecular flexibility index (Phi) is 2.97. The topological polar surface area (TPSA) is 34.9 Å². The van der Waals surface area contributed by atoms with E-state index in [0.29, 0.717) is 5.69 Å². The fourth-order valence-corrected chi connectivity index (χ4v) is 2.30. The molecule has 0 saturated carbocycles. The van der Waals surface area contributed by atoms with Crippen LogP contribution in [-0.2, 0) is 6.42 Å². The van der Waals surface area contributed by atoms with Crippen LogP contribution in [0, 0.1) is 0 Å². The van der Waals surface area contributed by atoms with E-state index in [1.54, 1.807) is 23.9 Å². The zero-order valence-corrected chi connectivity index (χ0v) is 9.28. The van der Waals surface area contributed by atoms with E-state index in [9.17, 15) is 4.79 Å². The van der Waals surface area contributed by atoms with Gasteiger partial charge in [0.15, 0.2) is 6.29 Å². The number of hydrogen-bond donors (Lipinski definition) is 0. The quantitative estimate of drug-likeness (QED) is 0.742. The minimum absolute atomic E-state index is 0.266. The van der Waals surface area contributed by atoms with Crippen LogP contribution in [0.5, 0.6) is 0 Å². The number of nitrogens with zero attached hydrogens (tertiary/aromatic N) is 2. The molecule has 78 valence electrons. The van der Waals surface area contributed by atoms with Crippen LogP contribution in [0.15, 0.2) is 29.4 Å². The third-order valence-electron chi connectivity index (χ3n) is 2.40. The Morgan fingerprint density at radius 3 is 3.20 bits per heavy atom. The molecule has 3 nitrogen and oxygen atoms in total. The first-order valence-electron chi connectivity index (χ1n) is 4.79. The SMILES string of the molecule is CC(Cc1ccsc1)n1cncc1C=O. The molecule has 0 aliphatic carbocycles. The predicted molar refractivity (Wildman–Crippen MR) is 60.3 cm³/mol. The number of hydrogen-bond acceptors (Lipinski definition) is 3. The molecule has 0 bridgehead atoms. The minimum Gasteiger partial charge on any atom is -0.325 e. The van der Waals surface area contributed by atoms with Crippen LogP contribution in [0.1, 0.15) is 29.0 Å². The summed E-state index contributed by atoms with van der Waals surface area (Å²) in [5.41, 5.74) is 1.94. The van der Waals surface area contributed by atoms with Gasteiger partial charge < -0.3 is 4.57 Å². The molecule has 2 heterocycles. The van der Waals surface area contributed by atoms with Gasteiger partial charge in [0.1, 0.15) is 5.69 Å². The second-order valence-corrected chi connectivity index (χ2v) is 4.31. The highest BCUT2D eigenvalue weighted by atomic mass is 32.1. The van der Waals surface area contributed by atoms with E-state index in [1.807, 2.05) is 4.57 Å². The smallest absolute Gasteiger partial charge is 0.168 e. The lowest BCUT2D eigenvalue weighted by atomic mass is 10.1. The summed E-state index contributed by atoms with van der Waals surface area (Å²) in [4.78, 5) is 14.7. The summed E-state index contributed by atoms with van der Waals surface area (Å²) < 4.78 is 1.91. The average Bonchev–Trinajstić information content (AvgIpc) is 2.86. The number of aldehydes is 1. The van der Waals surface area contributed by atoms with Gasteiger partial charge in [-0.25, -0.2) is 4.98 Å². The summed E-state index contributed by atoms with van der Waals surface area (Å²) >= 11 is 1.69. The highest BCUT2D eigenvalue weighted by Crippen LogP contribution is 2.17. The Morgan fingerprint density at radius 2 is 2.53 bits per heavy atom. The summed E-state index contributed by atoms with van der Waals surface area (Å²) in [6.45, 7) is 2.09. The molecule has 0 aliphatic rings. The average molecular weight is 220 g/mol. The Morgan fingerprint density at radius 1 is 1.67 bits per heavy atom. The summed E-state index contributed by atoms with van der Waals surface area (Å²) in [5.74, 6) is 0. The number of carbonyl (C=O) groups excluding carboxylic acids is 1. The maximum atomic E-state index is 10.7. The first-order chi connectivity index (χ1) is 7.31. The van der Waals surface area contributed by atoms with Crippen molar-refractivity contribution < 1.29 is 4.79 Å². The first-order valence-corrected chi connectivity index (χ1v) is 5.73. The molecule has 0 N–H and O–H groups in total. The molecule has 1 atom stereocenters. The van der Waals surface area contributed by atoms with Crippen molar-refractivity contribution in [3.63, 3.8) is 0 Å². The molecular weight excluding hydrogens is 208 g/mol. The number of imidazole rings is 1. The Labute approximate surface area is 92.4 Å². The van der Waals surface area contributed by atoms with Crippen molar-refractivity contribution in [1.82, 2.24) is 9.55 Å². The summed E-state index contributed by atoms with van der Waals surface area (Å²) in [6.07, 6.45) is 5.08. The molecule has 2 rings (SSSR count). The molecule has 2 aromatic heterocycles. The fraction of sp³-hybridized carbons (Fsp3) is 0.273. The van der Waals surface area contributed by atoms with Crippen LogP contribution < -0.4 is 0 Å². The lowest BCUT2D eigenvalue weighted by Crippen LogP contribution is -2.09. The normalized spacial score (nSPS) is 12.6. The van der Waals surface area contributed by atoms with Gasteiger partial charge in [-0.3, -0.25) is 4.79 Å². The molecule has 0 amide bonds. The minimum atomic E-state index is 0.266. The molecule has 4 heteroatoms. The molecule has 0 aromatic carbocycles. The van der Waals surface area contributed by atoms with E-state index >= 15 is 0 Å². The molecular formula is C11H12N2OS. The van der Waals surface area contributed by atoms with Gasteiger partial charge in [0.2, 0.25) is 0 Å². The van der Waals surface area contributed by atoms with Crippen molar-refractivity contribution in [1.29, 1.82) is 0 Å². The number of thiophene rings is 1. The lowest BCUT2D eigenvalue weighted by Gasteiger charge is -2.13. The highest BCUT2D eigenvalue weighted by molar-refractivity contribution is 7.07. The van der Waals surface area contributed by atoms with E-state index in [4.69, 9.17) is 0 Å². The van der Waals surface area contributed by atoms with Crippen molar-refractivity contribution >= 4 is 17.6 Å². The highest BCUT2D eigenvalue weighted by Gasteiger charge is 2.09. The van der Waals surface area contributed by atoms with E-state index in [2.05, 4.69) is 28.7 Å². The number of carbonyl (C=O) groups is 1. The van der Waals surface area contributed by atoms with Crippen molar-refractivity contribution in [2.45, 2.75) is 19.4 Å². The van der Waals surface area contributed by atoms with Crippen LogP contribution in [0.3, 0.4) is 0 Å². The van der Waals surface area contributed by atoms with Gasteiger partial charge in [-0.05, 0) is 35.7 Å². The van der Waals surface area contributed by atoms with E-state index in [-0.39, 0.29) is 6.04 Å². The van der Waals surface area contributed by atoms with Crippen LogP contribution in [0.2, 0.25) is 0 Å². The molecule has 15 heavy (non-hydrogen) atoms. The van der Waals surface area contributed by atoms with E-state index in [1.165, 1.54) is 5.56 Å². The van der Waals surface area contributed by atoms with E-state index < -0.39 is 0 Å². The number of rotatable bonds is 4. The summed E-state index contributed by atoms with van der Waals surface area (Å²) in [5, 5.41) is 4.20. The standard InChI is InChI=1S/C11H12N2OS/c1-9(4-10-2-3-15-7-10)13-8-12-5-11(13)6-14/h2-3,5-9H,4H2,1H3. The summed E-state index contributed by atoms with van der Waals surface area (Å²) in [6, 6.07) is 2.38. The molecule has 0 aliphatic heterocycles. The van der Waals surface area contributed by atoms with Gasteiger partial charge in [0, 0.05) is 6.04 Å². The van der Waals surface area contributed by atoms with Crippen molar-refractivity contribution in [3.8, 4) is 0 Å². The van der Waals surface area contributed by atoms with Gasteiger partial charge in [0.05, 0.1) is 12.5 Å². The second-order valence-electron chi connectivity index (χ2n) is 3.53. The monoisotopic (exact) mass is 220 g/mol. The number of aromatic nitrogens is 2.